The zero-order chi connectivity index (χ0) is 14.5. The van der Waals surface area contributed by atoms with Gasteiger partial charge in [0.05, 0.1) is 32.3 Å². The number of aromatic nitrogens is 4. The van der Waals surface area contributed by atoms with Gasteiger partial charge in [-0.2, -0.15) is 0 Å². The standard InChI is InChI=1S/C13H17ClN4O2/c1-4-9(14)10-7-18(17-16-10)8-11-13(20-3)12(19-2)5-6-15-11/h5-7,9H,4,8H2,1-3H3. The third-order valence-corrected chi connectivity index (χ3v) is 3.45. The molecule has 1 unspecified atom stereocenters. The molecule has 0 radical (unpaired) electrons. The molecule has 0 aliphatic carbocycles. The fraction of sp³-hybridized carbons (Fsp3) is 0.462. The minimum atomic E-state index is -0.121. The van der Waals surface area contributed by atoms with E-state index in [1.807, 2.05) is 13.1 Å². The summed E-state index contributed by atoms with van der Waals surface area (Å²) in [4.78, 5) is 4.30. The summed E-state index contributed by atoms with van der Waals surface area (Å²) in [6.45, 7) is 2.45. The molecular weight excluding hydrogens is 280 g/mol. The molecule has 0 fully saturated rings. The van der Waals surface area contributed by atoms with Crippen LogP contribution in [0.4, 0.5) is 0 Å². The van der Waals surface area contributed by atoms with Gasteiger partial charge in [0.25, 0.3) is 0 Å². The van der Waals surface area contributed by atoms with Gasteiger partial charge < -0.3 is 9.47 Å². The molecule has 0 aromatic carbocycles. The van der Waals surface area contributed by atoms with Crippen molar-refractivity contribution in [1.29, 1.82) is 0 Å². The summed E-state index contributed by atoms with van der Waals surface area (Å²) in [5, 5.41) is 8.00. The van der Waals surface area contributed by atoms with Crippen LogP contribution >= 0.6 is 11.6 Å². The molecule has 20 heavy (non-hydrogen) atoms. The van der Waals surface area contributed by atoms with E-state index in [2.05, 4.69) is 15.3 Å². The molecule has 108 valence electrons. The van der Waals surface area contributed by atoms with Crippen molar-refractivity contribution >= 4 is 11.6 Å². The Bertz CT molecular complexity index is 573. The molecular formula is C13H17ClN4O2. The van der Waals surface area contributed by atoms with Crippen molar-refractivity contribution in [2.75, 3.05) is 14.2 Å². The SMILES string of the molecule is CCC(Cl)c1cn(Cc2nccc(OC)c2OC)nn1. The molecule has 0 saturated heterocycles. The van der Waals surface area contributed by atoms with Crippen LogP contribution < -0.4 is 9.47 Å². The number of alkyl halides is 1. The summed E-state index contributed by atoms with van der Waals surface area (Å²) in [5.41, 5.74) is 1.49. The highest BCUT2D eigenvalue weighted by Gasteiger charge is 2.14. The Hall–Kier alpha value is -1.82. The van der Waals surface area contributed by atoms with Crippen LogP contribution in [0, 0.1) is 0 Å². The Morgan fingerprint density at radius 3 is 2.80 bits per heavy atom. The Morgan fingerprint density at radius 2 is 2.15 bits per heavy atom. The van der Waals surface area contributed by atoms with Crippen LogP contribution in [-0.4, -0.2) is 34.2 Å². The first-order valence-electron chi connectivity index (χ1n) is 6.29. The van der Waals surface area contributed by atoms with E-state index in [1.165, 1.54) is 0 Å². The van der Waals surface area contributed by atoms with Crippen molar-refractivity contribution in [3.8, 4) is 11.5 Å². The third kappa shape index (κ3) is 3.01. The van der Waals surface area contributed by atoms with Gasteiger partial charge in [-0.25, -0.2) is 4.68 Å². The molecule has 0 spiro atoms. The highest BCUT2D eigenvalue weighted by molar-refractivity contribution is 6.20. The Morgan fingerprint density at radius 1 is 1.35 bits per heavy atom. The molecule has 0 aliphatic heterocycles. The van der Waals surface area contributed by atoms with Crippen molar-refractivity contribution in [3.63, 3.8) is 0 Å². The van der Waals surface area contributed by atoms with Crippen molar-refractivity contribution in [3.05, 3.63) is 29.8 Å². The van der Waals surface area contributed by atoms with E-state index in [-0.39, 0.29) is 5.38 Å². The van der Waals surface area contributed by atoms with E-state index in [9.17, 15) is 0 Å². The number of methoxy groups -OCH3 is 2. The van der Waals surface area contributed by atoms with E-state index in [0.717, 1.165) is 17.8 Å². The molecule has 0 bridgehead atoms. The smallest absolute Gasteiger partial charge is 0.184 e. The van der Waals surface area contributed by atoms with Crippen LogP contribution in [-0.2, 0) is 6.54 Å². The normalized spacial score (nSPS) is 12.2. The maximum absolute atomic E-state index is 6.14. The minimum Gasteiger partial charge on any atom is -0.493 e. The summed E-state index contributed by atoms with van der Waals surface area (Å²) in [5.74, 6) is 1.24. The maximum atomic E-state index is 6.14. The van der Waals surface area contributed by atoms with Crippen LogP contribution in [0.25, 0.3) is 0 Å². The summed E-state index contributed by atoms with van der Waals surface area (Å²) >= 11 is 6.14. The van der Waals surface area contributed by atoms with E-state index in [1.54, 1.807) is 31.2 Å². The number of ether oxygens (including phenoxy) is 2. The monoisotopic (exact) mass is 296 g/mol. The number of hydrogen-bond donors (Lipinski definition) is 0. The highest BCUT2D eigenvalue weighted by Crippen LogP contribution is 2.29. The average molecular weight is 297 g/mol. The van der Waals surface area contributed by atoms with E-state index < -0.39 is 0 Å². The van der Waals surface area contributed by atoms with Crippen molar-refractivity contribution in [1.82, 2.24) is 20.0 Å². The van der Waals surface area contributed by atoms with Gasteiger partial charge in [-0.15, -0.1) is 16.7 Å². The summed E-state index contributed by atoms with van der Waals surface area (Å²) in [6.07, 6.45) is 4.30. The van der Waals surface area contributed by atoms with Crippen molar-refractivity contribution < 1.29 is 9.47 Å². The zero-order valence-electron chi connectivity index (χ0n) is 11.7. The van der Waals surface area contributed by atoms with Gasteiger partial charge in [0.1, 0.15) is 11.4 Å². The van der Waals surface area contributed by atoms with Gasteiger partial charge in [0.15, 0.2) is 11.5 Å². The summed E-state index contributed by atoms with van der Waals surface area (Å²) < 4.78 is 12.3. The second-order valence-corrected chi connectivity index (χ2v) is 4.74. The van der Waals surface area contributed by atoms with Crippen molar-refractivity contribution in [2.24, 2.45) is 0 Å². The van der Waals surface area contributed by atoms with Crippen LogP contribution in [0.2, 0.25) is 0 Å². The topological polar surface area (TPSA) is 62.1 Å². The molecule has 0 N–H and O–H groups in total. The molecule has 0 amide bonds. The number of halogens is 1. The third-order valence-electron chi connectivity index (χ3n) is 2.91. The number of nitrogens with zero attached hydrogens (tertiary/aromatic N) is 4. The van der Waals surface area contributed by atoms with E-state index >= 15 is 0 Å². The van der Waals surface area contributed by atoms with Crippen LogP contribution in [0.15, 0.2) is 18.5 Å². The largest absolute Gasteiger partial charge is 0.493 e. The van der Waals surface area contributed by atoms with E-state index in [4.69, 9.17) is 21.1 Å². The second-order valence-electron chi connectivity index (χ2n) is 4.21. The van der Waals surface area contributed by atoms with Gasteiger partial charge in [0, 0.05) is 12.3 Å². The fourth-order valence-electron chi connectivity index (χ4n) is 1.86. The molecule has 0 saturated carbocycles. The molecule has 2 rings (SSSR count). The second kappa shape index (κ2) is 6.56. The first-order valence-corrected chi connectivity index (χ1v) is 6.73. The lowest BCUT2D eigenvalue weighted by Gasteiger charge is -2.11. The summed E-state index contributed by atoms with van der Waals surface area (Å²) in [7, 11) is 3.18. The maximum Gasteiger partial charge on any atom is 0.184 e. The molecule has 1 atom stereocenters. The Kier molecular flexibility index (Phi) is 4.79. The molecule has 2 aromatic heterocycles. The zero-order valence-corrected chi connectivity index (χ0v) is 12.5. The highest BCUT2D eigenvalue weighted by atomic mass is 35.5. The number of hydrogen-bond acceptors (Lipinski definition) is 5. The van der Waals surface area contributed by atoms with Crippen LogP contribution in [0.3, 0.4) is 0 Å². The fourth-order valence-corrected chi connectivity index (χ4v) is 1.96. The predicted molar refractivity (Wildman–Crippen MR) is 75.4 cm³/mol. The quantitative estimate of drug-likeness (QED) is 0.766. The van der Waals surface area contributed by atoms with Gasteiger partial charge >= 0.3 is 0 Å². The molecule has 7 heteroatoms. The lowest BCUT2D eigenvalue weighted by Crippen LogP contribution is -2.05. The Labute approximate surface area is 122 Å². The number of rotatable bonds is 6. The first kappa shape index (κ1) is 14.6. The molecule has 0 aliphatic rings. The summed E-state index contributed by atoms with van der Waals surface area (Å²) in [6, 6.07) is 1.75. The predicted octanol–water partition coefficient (Wildman–Crippen LogP) is 2.43. The van der Waals surface area contributed by atoms with Gasteiger partial charge in [-0.05, 0) is 6.42 Å². The lowest BCUT2D eigenvalue weighted by atomic mass is 10.2. The van der Waals surface area contributed by atoms with Gasteiger partial charge in [-0.1, -0.05) is 12.1 Å². The van der Waals surface area contributed by atoms with Crippen LogP contribution in [0.5, 0.6) is 11.5 Å². The minimum absolute atomic E-state index is 0.121. The average Bonchev–Trinajstić information content (AvgIpc) is 2.94. The van der Waals surface area contributed by atoms with Crippen molar-refractivity contribution in [2.45, 2.75) is 25.3 Å². The molecule has 2 aromatic rings. The molecule has 6 nitrogen and oxygen atoms in total. The van der Waals surface area contributed by atoms with Gasteiger partial charge in [0.2, 0.25) is 0 Å². The van der Waals surface area contributed by atoms with Gasteiger partial charge in [-0.3, -0.25) is 4.98 Å². The Balaban J connectivity index is 2.24. The first-order chi connectivity index (χ1) is 9.69. The lowest BCUT2D eigenvalue weighted by molar-refractivity contribution is 0.348. The molecule has 2 heterocycles. The van der Waals surface area contributed by atoms with E-state index in [0.29, 0.717) is 18.0 Å². The van der Waals surface area contributed by atoms with Crippen LogP contribution in [0.1, 0.15) is 30.1 Å². The number of pyridine rings is 1.